The molecular weight excluding hydrogens is 438 g/mol. The van der Waals surface area contributed by atoms with E-state index in [1.807, 2.05) is 22.7 Å². The molecule has 0 atom stereocenters. The maximum atomic E-state index is 5.51. The minimum Gasteiger partial charge on any atom is -0.493 e. The number of fused-ring (bicyclic) bond motifs is 1. The van der Waals surface area contributed by atoms with Gasteiger partial charge in [-0.3, -0.25) is 4.90 Å². The molecule has 0 radical (unpaired) electrons. The van der Waals surface area contributed by atoms with Gasteiger partial charge in [0.15, 0.2) is 17.1 Å². The molecule has 0 spiro atoms. The predicted octanol–water partition coefficient (Wildman–Crippen LogP) is 4.61. The second-order valence-electron chi connectivity index (χ2n) is 8.97. The first-order valence-electron chi connectivity index (χ1n) is 12.2. The number of rotatable bonds is 7. The fraction of sp³-hybridized carbons (Fsp3) is 0.357. The standard InChI is InChI=1S/C28H33N5O2/c1-5-23-20(2)29-27-18-24(22-11-12-25(34-3)26(17-22)35-4)30-33(27)28(23)32-15-13-31(14-16-32)19-21-9-7-6-8-10-21/h6-12,17-18H,5,13-16,19H2,1-4H3. The summed E-state index contributed by atoms with van der Waals surface area (Å²) in [5.41, 5.74) is 6.41. The molecule has 0 saturated carbocycles. The molecule has 7 heteroatoms. The topological polar surface area (TPSA) is 55.1 Å². The van der Waals surface area contributed by atoms with Gasteiger partial charge in [0, 0.05) is 55.6 Å². The van der Waals surface area contributed by atoms with Gasteiger partial charge in [-0.25, -0.2) is 4.98 Å². The Kier molecular flexibility index (Phi) is 6.59. The summed E-state index contributed by atoms with van der Waals surface area (Å²) in [6, 6.07) is 18.7. The van der Waals surface area contributed by atoms with E-state index < -0.39 is 0 Å². The molecule has 0 unspecified atom stereocenters. The van der Waals surface area contributed by atoms with Gasteiger partial charge in [0.2, 0.25) is 0 Å². The van der Waals surface area contributed by atoms with Gasteiger partial charge < -0.3 is 14.4 Å². The van der Waals surface area contributed by atoms with Crippen LogP contribution in [0.5, 0.6) is 11.5 Å². The third kappa shape index (κ3) is 4.56. The molecule has 0 bridgehead atoms. The van der Waals surface area contributed by atoms with Crippen molar-refractivity contribution in [1.29, 1.82) is 0 Å². The van der Waals surface area contributed by atoms with Crippen molar-refractivity contribution in [2.45, 2.75) is 26.8 Å². The van der Waals surface area contributed by atoms with Gasteiger partial charge in [0.25, 0.3) is 0 Å². The molecule has 0 amide bonds. The van der Waals surface area contributed by atoms with Crippen LogP contribution in [0.4, 0.5) is 5.82 Å². The number of hydrogen-bond donors (Lipinski definition) is 0. The quantitative estimate of drug-likeness (QED) is 0.393. The van der Waals surface area contributed by atoms with Crippen molar-refractivity contribution in [2.75, 3.05) is 45.3 Å². The number of aryl methyl sites for hydroxylation is 1. The molecule has 2 aromatic heterocycles. The fourth-order valence-electron chi connectivity index (χ4n) is 4.97. The van der Waals surface area contributed by atoms with E-state index in [0.29, 0.717) is 11.5 Å². The molecule has 1 aliphatic heterocycles. The van der Waals surface area contributed by atoms with Crippen LogP contribution < -0.4 is 14.4 Å². The number of ether oxygens (including phenoxy) is 2. The van der Waals surface area contributed by atoms with Crippen LogP contribution in [0.3, 0.4) is 0 Å². The van der Waals surface area contributed by atoms with Gasteiger partial charge in [-0.05, 0) is 37.1 Å². The Labute approximate surface area is 206 Å². The van der Waals surface area contributed by atoms with Crippen LogP contribution in [0.1, 0.15) is 23.7 Å². The Balaban J connectivity index is 1.46. The van der Waals surface area contributed by atoms with Crippen molar-refractivity contribution in [3.05, 3.63) is 71.4 Å². The summed E-state index contributed by atoms with van der Waals surface area (Å²) in [7, 11) is 3.30. The first-order chi connectivity index (χ1) is 17.1. The SMILES string of the molecule is CCc1c(C)nc2cc(-c3ccc(OC)c(OC)c3)nn2c1N1CCN(Cc2ccccc2)CC1. The van der Waals surface area contributed by atoms with Crippen molar-refractivity contribution in [1.82, 2.24) is 19.5 Å². The summed E-state index contributed by atoms with van der Waals surface area (Å²) in [4.78, 5) is 9.91. The van der Waals surface area contributed by atoms with Crippen molar-refractivity contribution < 1.29 is 9.47 Å². The van der Waals surface area contributed by atoms with E-state index in [1.54, 1.807) is 14.2 Å². The van der Waals surface area contributed by atoms with E-state index in [2.05, 4.69) is 60.0 Å². The first-order valence-corrected chi connectivity index (χ1v) is 12.2. The summed E-state index contributed by atoms with van der Waals surface area (Å²) < 4.78 is 12.9. The monoisotopic (exact) mass is 471 g/mol. The minimum atomic E-state index is 0.690. The van der Waals surface area contributed by atoms with Crippen LogP contribution in [0, 0.1) is 6.92 Å². The zero-order valence-corrected chi connectivity index (χ0v) is 21.0. The number of nitrogens with zero attached hydrogens (tertiary/aromatic N) is 5. The highest BCUT2D eigenvalue weighted by atomic mass is 16.5. The van der Waals surface area contributed by atoms with Crippen LogP contribution in [-0.2, 0) is 13.0 Å². The Morgan fingerprint density at radius 1 is 0.886 bits per heavy atom. The number of hydrogen-bond acceptors (Lipinski definition) is 6. The molecule has 5 rings (SSSR count). The van der Waals surface area contributed by atoms with Crippen LogP contribution in [0.25, 0.3) is 16.9 Å². The van der Waals surface area contributed by atoms with E-state index in [0.717, 1.165) is 61.7 Å². The molecule has 0 aliphatic carbocycles. The van der Waals surface area contributed by atoms with Gasteiger partial charge in [0.05, 0.1) is 19.9 Å². The molecule has 35 heavy (non-hydrogen) atoms. The highest BCUT2D eigenvalue weighted by molar-refractivity contribution is 5.69. The van der Waals surface area contributed by atoms with Gasteiger partial charge in [-0.1, -0.05) is 37.3 Å². The average Bonchev–Trinajstić information content (AvgIpc) is 3.32. The van der Waals surface area contributed by atoms with Crippen molar-refractivity contribution >= 4 is 11.5 Å². The Bertz CT molecular complexity index is 1310. The molecule has 3 heterocycles. The van der Waals surface area contributed by atoms with E-state index in [1.165, 1.54) is 16.9 Å². The number of anilines is 1. The van der Waals surface area contributed by atoms with Crippen LogP contribution in [0.15, 0.2) is 54.6 Å². The molecule has 1 saturated heterocycles. The van der Waals surface area contributed by atoms with E-state index in [9.17, 15) is 0 Å². The maximum absolute atomic E-state index is 5.51. The highest BCUT2D eigenvalue weighted by Crippen LogP contribution is 2.33. The maximum Gasteiger partial charge on any atom is 0.161 e. The predicted molar refractivity (Wildman–Crippen MR) is 140 cm³/mol. The summed E-state index contributed by atoms with van der Waals surface area (Å²) in [6.07, 6.45) is 0.917. The second kappa shape index (κ2) is 9.96. The number of piperazine rings is 1. The number of aromatic nitrogens is 3. The molecule has 4 aromatic rings. The van der Waals surface area contributed by atoms with Crippen molar-refractivity contribution in [2.24, 2.45) is 0 Å². The summed E-state index contributed by atoms with van der Waals surface area (Å²) >= 11 is 0. The van der Waals surface area contributed by atoms with Crippen molar-refractivity contribution in [3.8, 4) is 22.8 Å². The first kappa shape index (κ1) is 23.2. The molecule has 2 aromatic carbocycles. The lowest BCUT2D eigenvalue weighted by molar-refractivity contribution is 0.249. The lowest BCUT2D eigenvalue weighted by Gasteiger charge is -2.37. The average molecular weight is 472 g/mol. The summed E-state index contributed by atoms with van der Waals surface area (Å²) in [5.74, 6) is 2.56. The lowest BCUT2D eigenvalue weighted by atomic mass is 10.1. The largest absolute Gasteiger partial charge is 0.493 e. The number of methoxy groups -OCH3 is 2. The van der Waals surface area contributed by atoms with Crippen LogP contribution >= 0.6 is 0 Å². The zero-order chi connectivity index (χ0) is 24.4. The Morgan fingerprint density at radius 3 is 2.31 bits per heavy atom. The van der Waals surface area contributed by atoms with Gasteiger partial charge >= 0.3 is 0 Å². The highest BCUT2D eigenvalue weighted by Gasteiger charge is 2.24. The van der Waals surface area contributed by atoms with Crippen LogP contribution in [0.2, 0.25) is 0 Å². The normalized spacial score (nSPS) is 14.5. The van der Waals surface area contributed by atoms with E-state index in [4.69, 9.17) is 19.6 Å². The Hall–Kier alpha value is -3.58. The Morgan fingerprint density at radius 2 is 1.63 bits per heavy atom. The lowest BCUT2D eigenvalue weighted by Crippen LogP contribution is -2.47. The van der Waals surface area contributed by atoms with Crippen LogP contribution in [-0.4, -0.2) is 59.9 Å². The third-order valence-electron chi connectivity index (χ3n) is 6.83. The summed E-state index contributed by atoms with van der Waals surface area (Å²) in [5, 5.41) is 5.03. The second-order valence-corrected chi connectivity index (χ2v) is 8.97. The molecular formula is C28H33N5O2. The summed E-state index contributed by atoms with van der Waals surface area (Å²) in [6.45, 7) is 9.26. The molecule has 182 valence electrons. The van der Waals surface area contributed by atoms with Crippen molar-refractivity contribution in [3.63, 3.8) is 0 Å². The molecule has 1 fully saturated rings. The van der Waals surface area contributed by atoms with Gasteiger partial charge in [-0.2, -0.15) is 9.61 Å². The smallest absolute Gasteiger partial charge is 0.161 e. The molecule has 7 nitrogen and oxygen atoms in total. The molecule has 0 N–H and O–H groups in total. The fourth-order valence-corrected chi connectivity index (χ4v) is 4.97. The van der Waals surface area contributed by atoms with E-state index >= 15 is 0 Å². The minimum absolute atomic E-state index is 0.690. The number of benzene rings is 2. The van der Waals surface area contributed by atoms with Gasteiger partial charge in [-0.15, -0.1) is 0 Å². The molecule has 1 aliphatic rings. The van der Waals surface area contributed by atoms with E-state index in [-0.39, 0.29) is 0 Å². The third-order valence-corrected chi connectivity index (χ3v) is 6.83. The zero-order valence-electron chi connectivity index (χ0n) is 21.0. The van der Waals surface area contributed by atoms with Gasteiger partial charge in [0.1, 0.15) is 5.82 Å².